The summed E-state index contributed by atoms with van der Waals surface area (Å²) in [6.07, 6.45) is 0.403. The molecule has 120 valence electrons. The van der Waals surface area contributed by atoms with Crippen LogP contribution in [0.1, 0.15) is 22.8 Å². The summed E-state index contributed by atoms with van der Waals surface area (Å²) < 4.78 is 0. The largest absolute Gasteiger partial charge is 0.331 e. The van der Waals surface area contributed by atoms with Crippen LogP contribution in [0.25, 0.3) is 0 Å². The van der Waals surface area contributed by atoms with Gasteiger partial charge in [-0.15, -0.1) is 0 Å². The van der Waals surface area contributed by atoms with Gasteiger partial charge >= 0.3 is 0 Å². The Morgan fingerprint density at radius 3 is 2.79 bits per heavy atom. The molecule has 0 aliphatic carbocycles. The summed E-state index contributed by atoms with van der Waals surface area (Å²) in [6, 6.07) is 17.5. The van der Waals surface area contributed by atoms with Crippen molar-refractivity contribution in [2.75, 3.05) is 10.6 Å². The lowest BCUT2D eigenvalue weighted by Crippen LogP contribution is -2.22. The smallest absolute Gasteiger partial charge is 0.226 e. The van der Waals surface area contributed by atoms with Crippen LogP contribution in [0.2, 0.25) is 5.02 Å². The van der Waals surface area contributed by atoms with Crippen molar-refractivity contribution < 1.29 is 4.79 Å². The van der Waals surface area contributed by atoms with E-state index in [1.165, 1.54) is 0 Å². The zero-order valence-corrected chi connectivity index (χ0v) is 14.2. The average Bonchev–Trinajstić information content (AvgIpc) is 2.97. The van der Waals surface area contributed by atoms with Crippen LogP contribution in [0, 0.1) is 0 Å². The van der Waals surface area contributed by atoms with Crippen molar-refractivity contribution in [1.82, 2.24) is 4.98 Å². The number of rotatable bonds is 3. The van der Waals surface area contributed by atoms with Gasteiger partial charge in [0.25, 0.3) is 0 Å². The highest BCUT2D eigenvalue weighted by molar-refractivity contribution is 7.16. The van der Waals surface area contributed by atoms with Crippen molar-refractivity contribution in [2.24, 2.45) is 0 Å². The number of benzene rings is 2. The molecule has 0 spiro atoms. The van der Waals surface area contributed by atoms with Crippen LogP contribution in [0.4, 0.5) is 16.6 Å². The molecule has 4 nitrogen and oxygen atoms in total. The molecule has 0 bridgehead atoms. The first-order valence-electron chi connectivity index (χ1n) is 7.57. The Kier molecular flexibility index (Phi) is 3.96. The van der Waals surface area contributed by atoms with Crippen LogP contribution >= 0.6 is 22.9 Å². The molecule has 2 N–H and O–H groups in total. The fourth-order valence-corrected chi connectivity index (χ4v) is 4.08. The lowest BCUT2D eigenvalue weighted by molar-refractivity contribution is -0.116. The molecule has 1 amide bonds. The van der Waals surface area contributed by atoms with Gasteiger partial charge in [-0.1, -0.05) is 53.3 Å². The number of nitrogens with zero attached hydrogens (tertiary/aromatic N) is 1. The van der Waals surface area contributed by atoms with Crippen molar-refractivity contribution in [3.8, 4) is 0 Å². The number of amides is 1. The summed E-state index contributed by atoms with van der Waals surface area (Å²) in [7, 11) is 0. The van der Waals surface area contributed by atoms with E-state index in [2.05, 4.69) is 15.6 Å². The maximum Gasteiger partial charge on any atom is 0.226 e. The zero-order chi connectivity index (χ0) is 16.5. The van der Waals surface area contributed by atoms with Crippen LogP contribution < -0.4 is 10.6 Å². The highest BCUT2D eigenvalue weighted by atomic mass is 35.5. The van der Waals surface area contributed by atoms with Crippen molar-refractivity contribution in [2.45, 2.75) is 12.3 Å². The molecular formula is C18H14ClN3OS. The maximum absolute atomic E-state index is 12.1. The van der Waals surface area contributed by atoms with Gasteiger partial charge in [-0.25, -0.2) is 4.98 Å². The van der Waals surface area contributed by atoms with Crippen molar-refractivity contribution in [3.63, 3.8) is 0 Å². The molecule has 6 heteroatoms. The summed E-state index contributed by atoms with van der Waals surface area (Å²) in [5.41, 5.74) is 2.00. The van der Waals surface area contributed by atoms with Gasteiger partial charge in [0.1, 0.15) is 5.82 Å². The molecule has 1 aliphatic heterocycles. The van der Waals surface area contributed by atoms with E-state index in [4.69, 9.17) is 11.6 Å². The van der Waals surface area contributed by atoms with Crippen molar-refractivity contribution >= 4 is 45.5 Å². The first-order valence-corrected chi connectivity index (χ1v) is 8.76. The monoisotopic (exact) mass is 355 g/mol. The van der Waals surface area contributed by atoms with Gasteiger partial charge in [0.2, 0.25) is 5.91 Å². The molecule has 1 aromatic heterocycles. The van der Waals surface area contributed by atoms with E-state index in [0.29, 0.717) is 17.3 Å². The van der Waals surface area contributed by atoms with Gasteiger partial charge in [0.05, 0.1) is 4.88 Å². The van der Waals surface area contributed by atoms with E-state index in [-0.39, 0.29) is 11.8 Å². The summed E-state index contributed by atoms with van der Waals surface area (Å²) in [6.45, 7) is 0. The molecule has 1 unspecified atom stereocenters. The van der Waals surface area contributed by atoms with Gasteiger partial charge in [-0.3, -0.25) is 4.79 Å². The zero-order valence-electron chi connectivity index (χ0n) is 12.6. The van der Waals surface area contributed by atoms with E-state index < -0.39 is 0 Å². The lowest BCUT2D eigenvalue weighted by atomic mass is 9.92. The topological polar surface area (TPSA) is 54.0 Å². The summed E-state index contributed by atoms with van der Waals surface area (Å²) in [4.78, 5) is 17.7. The predicted molar refractivity (Wildman–Crippen MR) is 98.4 cm³/mol. The van der Waals surface area contributed by atoms with Crippen LogP contribution in [0.5, 0.6) is 0 Å². The normalized spacial score (nSPS) is 16.4. The quantitative estimate of drug-likeness (QED) is 0.694. The minimum Gasteiger partial charge on any atom is -0.331 e. The molecule has 3 aromatic rings. The lowest BCUT2D eigenvalue weighted by Gasteiger charge is -2.21. The van der Waals surface area contributed by atoms with E-state index in [9.17, 15) is 4.79 Å². The molecule has 24 heavy (non-hydrogen) atoms. The Morgan fingerprint density at radius 1 is 1.17 bits per heavy atom. The number of aromatic nitrogens is 1. The number of hydrogen-bond acceptors (Lipinski definition) is 4. The Morgan fingerprint density at radius 2 is 2.00 bits per heavy atom. The molecule has 4 rings (SSSR count). The maximum atomic E-state index is 12.1. The van der Waals surface area contributed by atoms with Gasteiger partial charge in [0.15, 0.2) is 5.13 Å². The SMILES string of the molecule is O=C1CC(c2cccc(Cl)c2)c2sc(Nc3ccccc3)nc2N1. The Hall–Kier alpha value is -2.37. The van der Waals surface area contributed by atoms with E-state index in [0.717, 1.165) is 21.3 Å². The molecule has 0 saturated heterocycles. The molecular weight excluding hydrogens is 342 g/mol. The van der Waals surface area contributed by atoms with Crippen molar-refractivity contribution in [1.29, 1.82) is 0 Å². The number of carbonyl (C=O) groups is 1. The number of fused-ring (bicyclic) bond motifs is 1. The molecule has 0 radical (unpaired) electrons. The van der Waals surface area contributed by atoms with Crippen molar-refractivity contribution in [3.05, 3.63) is 70.1 Å². The predicted octanol–water partition coefficient (Wildman–Crippen LogP) is 5.01. The molecule has 0 saturated carbocycles. The average molecular weight is 356 g/mol. The number of halogens is 1. The Balaban J connectivity index is 1.70. The van der Waals surface area contributed by atoms with E-state index in [1.807, 2.05) is 54.6 Å². The van der Waals surface area contributed by atoms with Crippen LogP contribution in [-0.4, -0.2) is 10.9 Å². The number of para-hydroxylation sites is 1. The first-order chi connectivity index (χ1) is 11.7. The second-order valence-corrected chi connectivity index (χ2v) is 7.05. The van der Waals surface area contributed by atoms with Crippen LogP contribution in [0.3, 0.4) is 0 Å². The molecule has 1 aliphatic rings. The summed E-state index contributed by atoms with van der Waals surface area (Å²) in [5.74, 6) is 0.597. The molecule has 0 fully saturated rings. The number of carbonyl (C=O) groups excluding carboxylic acids is 1. The minimum absolute atomic E-state index is 0.0173. The van der Waals surface area contributed by atoms with Crippen LogP contribution in [0.15, 0.2) is 54.6 Å². The number of nitrogens with one attached hydrogen (secondary N) is 2. The van der Waals surface area contributed by atoms with E-state index >= 15 is 0 Å². The molecule has 2 heterocycles. The summed E-state index contributed by atoms with van der Waals surface area (Å²) in [5, 5.41) is 7.59. The highest BCUT2D eigenvalue weighted by Crippen LogP contribution is 2.43. The fourth-order valence-electron chi connectivity index (χ4n) is 2.81. The summed E-state index contributed by atoms with van der Waals surface area (Å²) >= 11 is 7.68. The van der Waals surface area contributed by atoms with E-state index in [1.54, 1.807) is 11.3 Å². The fraction of sp³-hybridized carbons (Fsp3) is 0.111. The number of anilines is 3. The third-order valence-corrected chi connectivity index (χ3v) is 5.21. The molecule has 2 aromatic carbocycles. The van der Waals surface area contributed by atoms with Gasteiger partial charge in [-0.2, -0.15) is 0 Å². The Labute approximate surface area is 148 Å². The highest BCUT2D eigenvalue weighted by Gasteiger charge is 2.30. The number of thiazole rings is 1. The third kappa shape index (κ3) is 3.00. The third-order valence-electron chi connectivity index (χ3n) is 3.89. The standard InChI is InChI=1S/C18H14ClN3OS/c19-12-6-4-5-11(9-12)14-10-15(23)21-17-16(14)24-18(22-17)20-13-7-2-1-3-8-13/h1-9,14H,10H2,(H,20,22)(H,21,23). The van der Waals surface area contributed by atoms with Gasteiger partial charge < -0.3 is 10.6 Å². The van der Waals surface area contributed by atoms with Crippen LogP contribution in [-0.2, 0) is 4.79 Å². The van der Waals surface area contributed by atoms with Gasteiger partial charge in [0, 0.05) is 23.0 Å². The number of hydrogen-bond donors (Lipinski definition) is 2. The first kappa shape index (κ1) is 15.2. The minimum atomic E-state index is -0.0240. The van der Waals surface area contributed by atoms with Gasteiger partial charge in [-0.05, 0) is 29.8 Å². The second kappa shape index (κ2) is 6.26. The molecule has 1 atom stereocenters. The second-order valence-electron chi connectivity index (χ2n) is 5.58. The Bertz CT molecular complexity index is 894.